The number of carbonyl (C=O) groups excluding carboxylic acids is 1. The van der Waals surface area contributed by atoms with Crippen LogP contribution >= 0.6 is 11.3 Å². The van der Waals surface area contributed by atoms with Gasteiger partial charge in [0.05, 0.1) is 17.3 Å². The molecule has 0 aliphatic carbocycles. The molecular weight excluding hydrogens is 358 g/mol. The van der Waals surface area contributed by atoms with Gasteiger partial charge in [0.2, 0.25) is 0 Å². The van der Waals surface area contributed by atoms with E-state index >= 15 is 0 Å². The van der Waals surface area contributed by atoms with E-state index in [9.17, 15) is 4.79 Å². The van der Waals surface area contributed by atoms with E-state index in [-0.39, 0.29) is 11.9 Å². The van der Waals surface area contributed by atoms with Gasteiger partial charge >= 0.3 is 0 Å². The summed E-state index contributed by atoms with van der Waals surface area (Å²) in [7, 11) is 0. The van der Waals surface area contributed by atoms with Gasteiger partial charge in [0.1, 0.15) is 11.5 Å². The number of benzene rings is 1. The van der Waals surface area contributed by atoms with Crippen LogP contribution in [0, 0.1) is 0 Å². The highest BCUT2D eigenvalue weighted by Gasteiger charge is 2.26. The van der Waals surface area contributed by atoms with Crippen LogP contribution in [-0.2, 0) is 6.42 Å². The Labute approximate surface area is 163 Å². The molecular formula is C21H23N3O2S. The van der Waals surface area contributed by atoms with Gasteiger partial charge < -0.3 is 9.73 Å². The Balaban J connectivity index is 1.38. The molecule has 0 unspecified atom stereocenters. The molecule has 2 aromatic heterocycles. The van der Waals surface area contributed by atoms with Gasteiger partial charge in [-0.05, 0) is 43.6 Å². The summed E-state index contributed by atoms with van der Waals surface area (Å²) >= 11 is 1.53. The van der Waals surface area contributed by atoms with E-state index < -0.39 is 0 Å². The largest absolute Gasteiger partial charge is 0.468 e. The van der Waals surface area contributed by atoms with E-state index in [1.165, 1.54) is 29.7 Å². The Morgan fingerprint density at radius 3 is 2.74 bits per heavy atom. The van der Waals surface area contributed by atoms with Crippen molar-refractivity contribution in [3.63, 3.8) is 0 Å². The Bertz CT molecular complexity index is 855. The minimum atomic E-state index is -0.124. The topological polar surface area (TPSA) is 58.4 Å². The van der Waals surface area contributed by atoms with Gasteiger partial charge in [0, 0.05) is 18.3 Å². The van der Waals surface area contributed by atoms with Crippen molar-refractivity contribution in [2.45, 2.75) is 25.3 Å². The van der Waals surface area contributed by atoms with Crippen LogP contribution in [0.4, 0.5) is 0 Å². The van der Waals surface area contributed by atoms with E-state index in [0.717, 1.165) is 30.3 Å². The Morgan fingerprint density at radius 1 is 1.19 bits per heavy atom. The van der Waals surface area contributed by atoms with Crippen LogP contribution in [0.3, 0.4) is 0 Å². The first kappa shape index (κ1) is 17.9. The van der Waals surface area contributed by atoms with Crippen LogP contribution < -0.4 is 5.32 Å². The van der Waals surface area contributed by atoms with Gasteiger partial charge in [-0.2, -0.15) is 0 Å². The van der Waals surface area contributed by atoms with Crippen molar-refractivity contribution < 1.29 is 9.21 Å². The molecule has 1 saturated heterocycles. The van der Waals surface area contributed by atoms with Gasteiger partial charge in [0.25, 0.3) is 5.91 Å². The Kier molecular flexibility index (Phi) is 5.65. The Hall–Kier alpha value is -2.44. The van der Waals surface area contributed by atoms with Crippen LogP contribution in [-0.4, -0.2) is 35.4 Å². The number of thiazole rings is 1. The highest BCUT2D eigenvalue weighted by molar-refractivity contribution is 7.09. The number of carbonyl (C=O) groups is 1. The van der Waals surface area contributed by atoms with E-state index in [1.54, 1.807) is 6.26 Å². The first-order valence-corrected chi connectivity index (χ1v) is 10.2. The van der Waals surface area contributed by atoms with Gasteiger partial charge in [-0.3, -0.25) is 9.69 Å². The number of likely N-dealkylation sites (tertiary alicyclic amines) is 1. The summed E-state index contributed by atoms with van der Waals surface area (Å²) in [6, 6.07) is 14.1. The summed E-state index contributed by atoms with van der Waals surface area (Å²) < 4.78 is 5.61. The van der Waals surface area contributed by atoms with Gasteiger partial charge in [0.15, 0.2) is 0 Å². The van der Waals surface area contributed by atoms with Crippen LogP contribution in [0.5, 0.6) is 0 Å². The molecule has 0 bridgehead atoms. The molecule has 6 heteroatoms. The lowest BCUT2D eigenvalue weighted by Gasteiger charge is -2.25. The van der Waals surface area contributed by atoms with Crippen LogP contribution in [0.25, 0.3) is 0 Å². The van der Waals surface area contributed by atoms with Gasteiger partial charge in [-0.15, -0.1) is 11.3 Å². The predicted octanol–water partition coefficient (Wildman–Crippen LogP) is 3.89. The fraction of sp³-hybridized carbons (Fsp3) is 0.333. The number of amides is 1. The number of furan rings is 1. The average molecular weight is 382 g/mol. The van der Waals surface area contributed by atoms with E-state index in [4.69, 9.17) is 4.42 Å². The number of aromatic nitrogens is 1. The third kappa shape index (κ3) is 4.46. The molecule has 1 amide bonds. The summed E-state index contributed by atoms with van der Waals surface area (Å²) in [5, 5.41) is 5.84. The summed E-state index contributed by atoms with van der Waals surface area (Å²) in [5.41, 5.74) is 1.69. The molecule has 0 spiro atoms. The summed E-state index contributed by atoms with van der Waals surface area (Å²) in [6.07, 6.45) is 4.83. The predicted molar refractivity (Wildman–Crippen MR) is 106 cm³/mol. The van der Waals surface area contributed by atoms with Crippen LogP contribution in [0.1, 0.15) is 45.7 Å². The highest BCUT2D eigenvalue weighted by atomic mass is 32.1. The zero-order valence-electron chi connectivity index (χ0n) is 15.1. The summed E-state index contributed by atoms with van der Waals surface area (Å²) in [4.78, 5) is 19.5. The smallest absolute Gasteiger partial charge is 0.270 e. The molecule has 3 aromatic rings. The van der Waals surface area contributed by atoms with Gasteiger partial charge in [-0.25, -0.2) is 4.98 Å². The van der Waals surface area contributed by atoms with Gasteiger partial charge in [-0.1, -0.05) is 30.3 Å². The monoisotopic (exact) mass is 381 g/mol. The standard InChI is InChI=1S/C21H23N3O2S/c25-21(17-15-27-20(23-17)13-16-7-2-1-3-8-16)22-14-18(19-9-6-12-26-19)24-10-4-5-11-24/h1-3,6-9,12,15,18H,4-5,10-11,13-14H2,(H,22,25)/t18-/m1/s1. The molecule has 140 valence electrons. The molecule has 0 saturated carbocycles. The maximum absolute atomic E-state index is 12.6. The fourth-order valence-corrected chi connectivity index (χ4v) is 4.30. The first-order valence-electron chi connectivity index (χ1n) is 9.33. The van der Waals surface area contributed by atoms with Crippen LogP contribution in [0.15, 0.2) is 58.5 Å². The molecule has 1 atom stereocenters. The number of hydrogen-bond donors (Lipinski definition) is 1. The van der Waals surface area contributed by atoms with E-state index in [2.05, 4.69) is 27.3 Å². The first-order chi connectivity index (χ1) is 13.3. The van der Waals surface area contributed by atoms with Crippen molar-refractivity contribution in [2.24, 2.45) is 0 Å². The minimum Gasteiger partial charge on any atom is -0.468 e. The lowest BCUT2D eigenvalue weighted by Crippen LogP contribution is -2.36. The zero-order valence-corrected chi connectivity index (χ0v) is 16.0. The molecule has 1 aliphatic rings. The minimum absolute atomic E-state index is 0.0777. The Morgan fingerprint density at radius 2 is 2.00 bits per heavy atom. The molecule has 27 heavy (non-hydrogen) atoms. The van der Waals surface area contributed by atoms with Crippen LogP contribution in [0.2, 0.25) is 0 Å². The molecule has 4 rings (SSSR count). The van der Waals surface area contributed by atoms with Crippen molar-refractivity contribution in [3.05, 3.63) is 76.1 Å². The summed E-state index contributed by atoms with van der Waals surface area (Å²) in [5.74, 6) is 0.779. The maximum Gasteiger partial charge on any atom is 0.270 e. The van der Waals surface area contributed by atoms with Crippen molar-refractivity contribution in [1.29, 1.82) is 0 Å². The lowest BCUT2D eigenvalue weighted by molar-refractivity contribution is 0.0929. The zero-order chi connectivity index (χ0) is 18.5. The maximum atomic E-state index is 12.6. The SMILES string of the molecule is O=C(NC[C@H](c1ccco1)N1CCCC1)c1csc(Cc2ccccc2)n1. The molecule has 3 heterocycles. The molecule has 1 N–H and O–H groups in total. The van der Waals surface area contributed by atoms with Crippen molar-refractivity contribution in [1.82, 2.24) is 15.2 Å². The van der Waals surface area contributed by atoms with E-state index in [1.807, 2.05) is 35.7 Å². The number of nitrogens with zero attached hydrogens (tertiary/aromatic N) is 2. The second-order valence-corrected chi connectivity index (χ2v) is 7.72. The third-order valence-electron chi connectivity index (χ3n) is 4.89. The number of rotatable bonds is 7. The van der Waals surface area contributed by atoms with Crippen molar-refractivity contribution in [2.75, 3.05) is 19.6 Å². The number of hydrogen-bond acceptors (Lipinski definition) is 5. The molecule has 5 nitrogen and oxygen atoms in total. The second-order valence-electron chi connectivity index (χ2n) is 6.77. The quantitative estimate of drug-likeness (QED) is 0.674. The highest BCUT2D eigenvalue weighted by Crippen LogP contribution is 2.25. The number of nitrogens with one attached hydrogen (secondary N) is 1. The molecule has 1 aromatic carbocycles. The fourth-order valence-electron chi connectivity index (χ4n) is 3.49. The lowest BCUT2D eigenvalue weighted by atomic mass is 10.2. The second kappa shape index (κ2) is 8.50. The summed E-state index contributed by atoms with van der Waals surface area (Å²) in [6.45, 7) is 2.61. The molecule has 1 aliphatic heterocycles. The average Bonchev–Trinajstić information content (AvgIpc) is 3.46. The van der Waals surface area contributed by atoms with E-state index in [0.29, 0.717) is 12.2 Å². The molecule has 0 radical (unpaired) electrons. The van der Waals surface area contributed by atoms with Crippen molar-refractivity contribution in [3.8, 4) is 0 Å². The molecule has 1 fully saturated rings. The normalized spacial score (nSPS) is 15.7. The third-order valence-corrected chi connectivity index (χ3v) is 5.74. The van der Waals surface area contributed by atoms with Crippen molar-refractivity contribution >= 4 is 17.2 Å².